The summed E-state index contributed by atoms with van der Waals surface area (Å²) >= 11 is 1.41. The summed E-state index contributed by atoms with van der Waals surface area (Å²) < 4.78 is 38.6. The molecule has 0 spiro atoms. The van der Waals surface area contributed by atoms with E-state index in [1.807, 2.05) is 6.92 Å². The Hall–Kier alpha value is -1.89. The van der Waals surface area contributed by atoms with E-state index in [-0.39, 0.29) is 12.1 Å². The van der Waals surface area contributed by atoms with Crippen molar-refractivity contribution in [3.8, 4) is 0 Å². The number of aromatic nitrogens is 1. The van der Waals surface area contributed by atoms with E-state index in [0.717, 1.165) is 21.6 Å². The van der Waals surface area contributed by atoms with Crippen LogP contribution in [0.1, 0.15) is 31.5 Å². The lowest BCUT2D eigenvalue weighted by molar-refractivity contribution is -0.137. The molecule has 1 amide bonds. The molecule has 0 atom stereocenters. The number of thiazole rings is 1. The van der Waals surface area contributed by atoms with Gasteiger partial charge in [0.05, 0.1) is 28.4 Å². The summed E-state index contributed by atoms with van der Waals surface area (Å²) in [5.41, 5.74) is -0.523. The molecule has 7 heteroatoms. The number of nitrogens with one attached hydrogen (secondary N) is 1. The molecule has 112 valence electrons. The Labute approximate surface area is 123 Å². The molecule has 2 rings (SSSR count). The van der Waals surface area contributed by atoms with Gasteiger partial charge in [-0.3, -0.25) is 4.79 Å². The number of rotatable bonds is 3. The van der Waals surface area contributed by atoms with Crippen LogP contribution in [0.15, 0.2) is 24.3 Å². The Bertz CT molecular complexity index is 664. The highest BCUT2D eigenvalue weighted by Gasteiger charge is 2.34. The van der Waals surface area contributed by atoms with E-state index >= 15 is 0 Å². The number of halogens is 3. The Kier molecular flexibility index (Phi) is 4.32. The van der Waals surface area contributed by atoms with E-state index in [0.29, 0.717) is 0 Å². The molecule has 0 saturated carbocycles. The molecule has 2 aromatic rings. The molecular formula is C14H13F3N2OS. The molecule has 0 radical (unpaired) electrons. The van der Waals surface area contributed by atoms with Crippen molar-refractivity contribution in [3.63, 3.8) is 0 Å². The van der Waals surface area contributed by atoms with E-state index in [4.69, 9.17) is 0 Å². The van der Waals surface area contributed by atoms with Gasteiger partial charge in [0.15, 0.2) is 0 Å². The first-order valence-electron chi connectivity index (χ1n) is 6.16. The van der Waals surface area contributed by atoms with Gasteiger partial charge in [-0.1, -0.05) is 12.1 Å². The van der Waals surface area contributed by atoms with Crippen LogP contribution in [-0.2, 0) is 12.7 Å². The quantitative estimate of drug-likeness (QED) is 0.938. The number of carbonyl (C=O) groups is 1. The minimum absolute atomic E-state index is 0.169. The lowest BCUT2D eigenvalue weighted by Crippen LogP contribution is -2.25. The highest BCUT2D eigenvalue weighted by Crippen LogP contribution is 2.31. The Morgan fingerprint density at radius 3 is 2.52 bits per heavy atom. The van der Waals surface area contributed by atoms with E-state index in [9.17, 15) is 18.0 Å². The molecule has 0 unspecified atom stereocenters. The van der Waals surface area contributed by atoms with Crippen molar-refractivity contribution in [3.05, 3.63) is 51.0 Å². The summed E-state index contributed by atoms with van der Waals surface area (Å²) in [6, 6.07) is 4.74. The van der Waals surface area contributed by atoms with Gasteiger partial charge in [-0.15, -0.1) is 11.3 Å². The number of amides is 1. The van der Waals surface area contributed by atoms with Crippen molar-refractivity contribution in [1.29, 1.82) is 0 Å². The topological polar surface area (TPSA) is 42.0 Å². The number of hydrogen-bond donors (Lipinski definition) is 1. The zero-order valence-electron chi connectivity index (χ0n) is 11.4. The molecule has 1 heterocycles. The summed E-state index contributed by atoms with van der Waals surface area (Å²) in [7, 11) is 0. The zero-order chi connectivity index (χ0) is 15.6. The molecule has 0 aliphatic heterocycles. The number of carbonyl (C=O) groups excluding carboxylic acids is 1. The standard InChI is InChI=1S/C14H13F3N2OS/c1-8-12(21-9(2)19-8)7-18-13(20)10-5-3-4-6-11(10)14(15,16)17/h3-6H,7H2,1-2H3,(H,18,20). The zero-order valence-corrected chi connectivity index (χ0v) is 12.2. The second-order valence-corrected chi connectivity index (χ2v) is 5.76. The molecule has 0 saturated heterocycles. The molecular weight excluding hydrogens is 301 g/mol. The van der Waals surface area contributed by atoms with E-state index < -0.39 is 17.6 Å². The Morgan fingerprint density at radius 1 is 1.29 bits per heavy atom. The van der Waals surface area contributed by atoms with Crippen molar-refractivity contribution in [2.24, 2.45) is 0 Å². The predicted octanol–water partition coefficient (Wildman–Crippen LogP) is 3.71. The minimum Gasteiger partial charge on any atom is -0.347 e. The number of alkyl halides is 3. The van der Waals surface area contributed by atoms with Crippen LogP contribution in [0, 0.1) is 13.8 Å². The molecule has 0 fully saturated rings. The third kappa shape index (κ3) is 3.60. The normalized spacial score (nSPS) is 11.5. The first-order chi connectivity index (χ1) is 9.79. The average Bonchev–Trinajstić information content (AvgIpc) is 2.73. The minimum atomic E-state index is -4.55. The summed E-state index contributed by atoms with van der Waals surface area (Å²) in [4.78, 5) is 17.0. The van der Waals surface area contributed by atoms with Crippen LogP contribution >= 0.6 is 11.3 Å². The van der Waals surface area contributed by atoms with E-state index in [2.05, 4.69) is 10.3 Å². The molecule has 1 aromatic carbocycles. The van der Waals surface area contributed by atoms with Crippen LogP contribution in [0.25, 0.3) is 0 Å². The Balaban J connectivity index is 2.16. The van der Waals surface area contributed by atoms with E-state index in [1.165, 1.54) is 29.5 Å². The van der Waals surface area contributed by atoms with Gasteiger partial charge in [0, 0.05) is 4.88 Å². The fourth-order valence-electron chi connectivity index (χ4n) is 1.92. The monoisotopic (exact) mass is 314 g/mol. The fourth-order valence-corrected chi connectivity index (χ4v) is 2.80. The van der Waals surface area contributed by atoms with Gasteiger partial charge in [0.25, 0.3) is 5.91 Å². The molecule has 0 bridgehead atoms. The van der Waals surface area contributed by atoms with Crippen molar-refractivity contribution in [1.82, 2.24) is 10.3 Å². The molecule has 0 aliphatic rings. The van der Waals surface area contributed by atoms with Crippen molar-refractivity contribution >= 4 is 17.2 Å². The largest absolute Gasteiger partial charge is 0.417 e. The number of hydrogen-bond acceptors (Lipinski definition) is 3. The first-order valence-corrected chi connectivity index (χ1v) is 6.98. The Morgan fingerprint density at radius 2 is 1.95 bits per heavy atom. The molecule has 1 aromatic heterocycles. The molecule has 21 heavy (non-hydrogen) atoms. The van der Waals surface area contributed by atoms with Gasteiger partial charge in [-0.05, 0) is 26.0 Å². The lowest BCUT2D eigenvalue weighted by Gasteiger charge is -2.12. The maximum absolute atomic E-state index is 12.9. The lowest BCUT2D eigenvalue weighted by atomic mass is 10.1. The number of benzene rings is 1. The summed E-state index contributed by atoms with van der Waals surface area (Å²) in [6.07, 6.45) is -4.55. The van der Waals surface area contributed by atoms with Gasteiger partial charge in [0.1, 0.15) is 0 Å². The van der Waals surface area contributed by atoms with Crippen LogP contribution < -0.4 is 5.32 Å². The SMILES string of the molecule is Cc1nc(C)c(CNC(=O)c2ccccc2C(F)(F)F)s1. The second-order valence-electron chi connectivity index (χ2n) is 4.47. The smallest absolute Gasteiger partial charge is 0.347 e. The average molecular weight is 314 g/mol. The van der Waals surface area contributed by atoms with Gasteiger partial charge in [0.2, 0.25) is 0 Å². The van der Waals surface area contributed by atoms with Gasteiger partial charge in [-0.2, -0.15) is 13.2 Å². The molecule has 0 aliphatic carbocycles. The van der Waals surface area contributed by atoms with Crippen LogP contribution in [0.2, 0.25) is 0 Å². The third-order valence-corrected chi connectivity index (χ3v) is 3.96. The van der Waals surface area contributed by atoms with Crippen molar-refractivity contribution in [2.45, 2.75) is 26.6 Å². The van der Waals surface area contributed by atoms with E-state index in [1.54, 1.807) is 6.92 Å². The summed E-state index contributed by atoms with van der Waals surface area (Å²) in [6.45, 7) is 3.80. The summed E-state index contributed by atoms with van der Waals surface area (Å²) in [5.74, 6) is -0.742. The van der Waals surface area contributed by atoms with Crippen LogP contribution in [0.4, 0.5) is 13.2 Å². The highest BCUT2D eigenvalue weighted by atomic mass is 32.1. The summed E-state index contributed by atoms with van der Waals surface area (Å²) in [5, 5.41) is 3.37. The second kappa shape index (κ2) is 5.85. The number of aryl methyl sites for hydroxylation is 2. The molecule has 3 nitrogen and oxygen atoms in total. The van der Waals surface area contributed by atoms with Gasteiger partial charge < -0.3 is 5.32 Å². The van der Waals surface area contributed by atoms with Crippen molar-refractivity contribution in [2.75, 3.05) is 0 Å². The van der Waals surface area contributed by atoms with Crippen LogP contribution in [0.5, 0.6) is 0 Å². The molecule has 1 N–H and O–H groups in total. The maximum atomic E-state index is 12.9. The van der Waals surface area contributed by atoms with Crippen LogP contribution in [-0.4, -0.2) is 10.9 Å². The van der Waals surface area contributed by atoms with Crippen LogP contribution in [0.3, 0.4) is 0 Å². The van der Waals surface area contributed by atoms with Crippen molar-refractivity contribution < 1.29 is 18.0 Å². The highest BCUT2D eigenvalue weighted by molar-refractivity contribution is 7.11. The predicted molar refractivity (Wildman–Crippen MR) is 74.2 cm³/mol. The first kappa shape index (κ1) is 15.5. The maximum Gasteiger partial charge on any atom is 0.417 e. The fraction of sp³-hybridized carbons (Fsp3) is 0.286. The van der Waals surface area contributed by atoms with Gasteiger partial charge >= 0.3 is 6.18 Å². The van der Waals surface area contributed by atoms with Gasteiger partial charge in [-0.25, -0.2) is 4.98 Å². The third-order valence-electron chi connectivity index (χ3n) is 2.89. The number of nitrogens with zero attached hydrogens (tertiary/aromatic N) is 1.